The topological polar surface area (TPSA) is 42.5 Å². The Balaban J connectivity index is 2.36. The molecule has 18 heavy (non-hydrogen) atoms. The lowest BCUT2D eigenvalue weighted by Gasteiger charge is -2.09. The largest absolute Gasteiger partial charge is 0.497 e. The summed E-state index contributed by atoms with van der Waals surface area (Å²) < 4.78 is 10.5. The molecule has 0 aliphatic heterocycles. The van der Waals surface area contributed by atoms with Crippen LogP contribution < -0.4 is 20.1 Å². The van der Waals surface area contributed by atoms with Gasteiger partial charge < -0.3 is 20.1 Å². The fourth-order valence-corrected chi connectivity index (χ4v) is 1.77. The van der Waals surface area contributed by atoms with Gasteiger partial charge in [0.15, 0.2) is 0 Å². The first-order chi connectivity index (χ1) is 8.80. The molecule has 0 aliphatic carbocycles. The van der Waals surface area contributed by atoms with Crippen LogP contribution in [0.25, 0.3) is 0 Å². The van der Waals surface area contributed by atoms with Gasteiger partial charge >= 0.3 is 0 Å². The quantitative estimate of drug-likeness (QED) is 0.653. The molecular formula is C14H24N2O2. The minimum atomic E-state index is 0.854. The Bertz CT molecular complexity index is 320. The molecule has 1 aromatic rings. The van der Waals surface area contributed by atoms with Crippen LogP contribution in [-0.2, 0) is 6.42 Å². The molecule has 0 heterocycles. The normalized spacial score (nSPS) is 10.4. The number of likely N-dealkylation sites (N-methyl/N-ethyl adjacent to an activating group) is 1. The van der Waals surface area contributed by atoms with Crippen LogP contribution in [0.3, 0.4) is 0 Å². The van der Waals surface area contributed by atoms with E-state index in [1.165, 1.54) is 5.56 Å². The molecule has 0 saturated carbocycles. The van der Waals surface area contributed by atoms with E-state index < -0.39 is 0 Å². The SMILES string of the molecule is CNCCNCCCc1cc(OC)cc(OC)c1. The zero-order valence-corrected chi connectivity index (χ0v) is 11.6. The molecule has 1 aromatic carbocycles. The Kier molecular flexibility index (Phi) is 7.22. The Morgan fingerprint density at radius 3 is 2.17 bits per heavy atom. The molecule has 0 radical (unpaired) electrons. The molecule has 0 aromatic heterocycles. The Labute approximate surface area is 110 Å². The molecule has 0 unspecified atom stereocenters. The number of hydrogen-bond donors (Lipinski definition) is 2. The highest BCUT2D eigenvalue weighted by atomic mass is 16.5. The van der Waals surface area contributed by atoms with Crippen molar-refractivity contribution < 1.29 is 9.47 Å². The van der Waals surface area contributed by atoms with Crippen molar-refractivity contribution in [2.75, 3.05) is 40.9 Å². The van der Waals surface area contributed by atoms with E-state index in [0.717, 1.165) is 44.0 Å². The van der Waals surface area contributed by atoms with Crippen LogP contribution in [0.4, 0.5) is 0 Å². The number of aryl methyl sites for hydroxylation is 1. The second-order valence-electron chi connectivity index (χ2n) is 4.18. The molecule has 2 N–H and O–H groups in total. The molecule has 0 spiro atoms. The van der Waals surface area contributed by atoms with Crippen LogP contribution in [0.2, 0.25) is 0 Å². The first kappa shape index (κ1) is 14.8. The van der Waals surface area contributed by atoms with Crippen molar-refractivity contribution in [1.29, 1.82) is 0 Å². The molecule has 0 aliphatic rings. The minimum absolute atomic E-state index is 0.854. The molecule has 4 nitrogen and oxygen atoms in total. The summed E-state index contributed by atoms with van der Waals surface area (Å²) in [6.07, 6.45) is 2.14. The van der Waals surface area contributed by atoms with E-state index in [2.05, 4.69) is 22.8 Å². The molecule has 0 saturated heterocycles. The van der Waals surface area contributed by atoms with Crippen molar-refractivity contribution in [2.45, 2.75) is 12.8 Å². The van der Waals surface area contributed by atoms with E-state index >= 15 is 0 Å². The van der Waals surface area contributed by atoms with Gasteiger partial charge in [-0.25, -0.2) is 0 Å². The average Bonchev–Trinajstić information content (AvgIpc) is 2.42. The second kappa shape index (κ2) is 8.78. The van der Waals surface area contributed by atoms with E-state index in [0.29, 0.717) is 0 Å². The van der Waals surface area contributed by atoms with Gasteiger partial charge in [0, 0.05) is 19.2 Å². The molecule has 0 fully saturated rings. The molecular weight excluding hydrogens is 228 g/mol. The maximum Gasteiger partial charge on any atom is 0.122 e. The Morgan fingerprint density at radius 2 is 1.61 bits per heavy atom. The number of nitrogens with one attached hydrogen (secondary N) is 2. The van der Waals surface area contributed by atoms with E-state index in [-0.39, 0.29) is 0 Å². The first-order valence-corrected chi connectivity index (χ1v) is 6.37. The summed E-state index contributed by atoms with van der Waals surface area (Å²) >= 11 is 0. The number of benzene rings is 1. The van der Waals surface area contributed by atoms with Gasteiger partial charge in [-0.3, -0.25) is 0 Å². The maximum absolute atomic E-state index is 5.25. The van der Waals surface area contributed by atoms with E-state index in [1.54, 1.807) is 14.2 Å². The van der Waals surface area contributed by atoms with Gasteiger partial charge in [0.2, 0.25) is 0 Å². The lowest BCUT2D eigenvalue weighted by molar-refractivity contribution is 0.393. The zero-order chi connectivity index (χ0) is 13.2. The number of methoxy groups -OCH3 is 2. The third-order valence-electron chi connectivity index (χ3n) is 2.78. The minimum Gasteiger partial charge on any atom is -0.497 e. The highest BCUT2D eigenvalue weighted by molar-refractivity contribution is 5.38. The summed E-state index contributed by atoms with van der Waals surface area (Å²) in [6, 6.07) is 6.03. The molecule has 102 valence electrons. The molecule has 1 rings (SSSR count). The van der Waals surface area contributed by atoms with Gasteiger partial charge in [0.25, 0.3) is 0 Å². The smallest absolute Gasteiger partial charge is 0.122 e. The summed E-state index contributed by atoms with van der Waals surface area (Å²) in [7, 11) is 5.32. The van der Waals surface area contributed by atoms with Gasteiger partial charge in [0.05, 0.1) is 14.2 Å². The van der Waals surface area contributed by atoms with Crippen LogP contribution in [0.5, 0.6) is 11.5 Å². The summed E-state index contributed by atoms with van der Waals surface area (Å²) in [5, 5.41) is 6.50. The van der Waals surface area contributed by atoms with Gasteiger partial charge in [-0.1, -0.05) is 0 Å². The second-order valence-corrected chi connectivity index (χ2v) is 4.18. The van der Waals surface area contributed by atoms with Crippen molar-refractivity contribution in [3.05, 3.63) is 23.8 Å². The third kappa shape index (κ3) is 5.38. The lowest BCUT2D eigenvalue weighted by Crippen LogP contribution is -2.25. The number of rotatable bonds is 9. The van der Waals surface area contributed by atoms with Crippen molar-refractivity contribution in [1.82, 2.24) is 10.6 Å². The van der Waals surface area contributed by atoms with Crippen LogP contribution in [0, 0.1) is 0 Å². The lowest BCUT2D eigenvalue weighted by atomic mass is 10.1. The van der Waals surface area contributed by atoms with E-state index in [4.69, 9.17) is 9.47 Å². The Morgan fingerprint density at radius 1 is 0.944 bits per heavy atom. The predicted octanol–water partition coefficient (Wildman–Crippen LogP) is 1.45. The maximum atomic E-state index is 5.25. The van der Waals surface area contributed by atoms with E-state index in [9.17, 15) is 0 Å². The highest BCUT2D eigenvalue weighted by Crippen LogP contribution is 2.23. The summed E-state index contributed by atoms with van der Waals surface area (Å²) in [6.45, 7) is 3.05. The molecule has 0 atom stereocenters. The van der Waals surface area contributed by atoms with Crippen molar-refractivity contribution in [3.8, 4) is 11.5 Å². The predicted molar refractivity (Wildman–Crippen MR) is 74.7 cm³/mol. The molecule has 4 heteroatoms. The van der Waals surface area contributed by atoms with Gasteiger partial charge in [-0.2, -0.15) is 0 Å². The van der Waals surface area contributed by atoms with Crippen LogP contribution >= 0.6 is 0 Å². The summed E-state index contributed by atoms with van der Waals surface area (Å²) in [5.74, 6) is 1.71. The van der Waals surface area contributed by atoms with Gasteiger partial charge in [-0.15, -0.1) is 0 Å². The highest BCUT2D eigenvalue weighted by Gasteiger charge is 2.01. The van der Waals surface area contributed by atoms with Gasteiger partial charge in [-0.05, 0) is 44.1 Å². The van der Waals surface area contributed by atoms with Gasteiger partial charge in [0.1, 0.15) is 11.5 Å². The summed E-state index contributed by atoms with van der Waals surface area (Å²) in [4.78, 5) is 0. The molecule has 0 amide bonds. The van der Waals surface area contributed by atoms with Crippen LogP contribution in [0.15, 0.2) is 18.2 Å². The molecule has 0 bridgehead atoms. The third-order valence-corrected chi connectivity index (χ3v) is 2.78. The van der Waals surface area contributed by atoms with Crippen molar-refractivity contribution in [3.63, 3.8) is 0 Å². The van der Waals surface area contributed by atoms with Crippen LogP contribution in [0.1, 0.15) is 12.0 Å². The number of ether oxygens (including phenoxy) is 2. The average molecular weight is 252 g/mol. The fourth-order valence-electron chi connectivity index (χ4n) is 1.77. The van der Waals surface area contributed by atoms with Crippen LogP contribution in [-0.4, -0.2) is 40.9 Å². The Hall–Kier alpha value is -1.26. The standard InChI is InChI=1S/C14H24N2O2/c1-15-7-8-16-6-4-5-12-9-13(17-2)11-14(10-12)18-3/h9-11,15-16H,4-8H2,1-3H3. The monoisotopic (exact) mass is 252 g/mol. The van der Waals surface area contributed by atoms with Crippen molar-refractivity contribution in [2.24, 2.45) is 0 Å². The van der Waals surface area contributed by atoms with Crippen molar-refractivity contribution >= 4 is 0 Å². The first-order valence-electron chi connectivity index (χ1n) is 6.37. The fraction of sp³-hybridized carbons (Fsp3) is 0.571. The number of hydrogen-bond acceptors (Lipinski definition) is 4. The summed E-state index contributed by atoms with van der Waals surface area (Å²) in [5.41, 5.74) is 1.25. The zero-order valence-electron chi connectivity index (χ0n) is 11.6. The van der Waals surface area contributed by atoms with E-state index in [1.807, 2.05) is 13.1 Å².